The van der Waals surface area contributed by atoms with Crippen LogP contribution < -0.4 is 0 Å². The van der Waals surface area contributed by atoms with Crippen LogP contribution in [0.2, 0.25) is 0 Å². The molecule has 0 amide bonds. The van der Waals surface area contributed by atoms with Gasteiger partial charge in [0.1, 0.15) is 5.82 Å². The Morgan fingerprint density at radius 1 is 0.266 bits per heavy atom. The van der Waals surface area contributed by atoms with Crippen molar-refractivity contribution >= 4 is 87.2 Å². The fourth-order valence-corrected chi connectivity index (χ4v) is 10.7. The molecule has 64 heavy (non-hydrogen) atoms. The lowest BCUT2D eigenvalue weighted by Crippen LogP contribution is -2.01. The Morgan fingerprint density at radius 3 is 1.31 bits per heavy atom. The zero-order valence-corrected chi connectivity index (χ0v) is 34.6. The van der Waals surface area contributed by atoms with E-state index in [9.17, 15) is 0 Å². The van der Waals surface area contributed by atoms with Crippen molar-refractivity contribution in [3.63, 3.8) is 0 Å². The highest BCUT2D eigenvalue weighted by atomic mass is 15.1. The number of para-hydroxylation sites is 5. The minimum absolute atomic E-state index is 0.891. The first-order chi connectivity index (χ1) is 31.8. The van der Waals surface area contributed by atoms with Crippen molar-refractivity contribution in [3.05, 3.63) is 224 Å². The molecule has 0 aliphatic carbocycles. The molecule has 0 atom stereocenters. The molecule has 0 unspecified atom stereocenters. The molecule has 0 bridgehead atoms. The molecule has 0 radical (unpaired) electrons. The molecule has 0 aliphatic rings. The van der Waals surface area contributed by atoms with E-state index >= 15 is 0 Å². The van der Waals surface area contributed by atoms with E-state index in [1.54, 1.807) is 0 Å². The van der Waals surface area contributed by atoms with Crippen molar-refractivity contribution in [1.82, 2.24) is 23.3 Å². The molecule has 14 rings (SSSR count). The normalized spacial score (nSPS) is 12.1. The van der Waals surface area contributed by atoms with Gasteiger partial charge in [-0.3, -0.25) is 4.57 Å². The van der Waals surface area contributed by atoms with E-state index in [2.05, 4.69) is 237 Å². The van der Waals surface area contributed by atoms with E-state index in [1.165, 1.54) is 70.7 Å². The van der Waals surface area contributed by atoms with Gasteiger partial charge in [0, 0.05) is 65.7 Å². The van der Waals surface area contributed by atoms with E-state index in [0.717, 1.165) is 50.7 Å². The lowest BCUT2D eigenvalue weighted by molar-refractivity contribution is 1.08. The number of aromatic nitrogens is 5. The van der Waals surface area contributed by atoms with Gasteiger partial charge in [0.25, 0.3) is 0 Å². The largest absolute Gasteiger partial charge is 0.308 e. The van der Waals surface area contributed by atoms with E-state index in [1.807, 2.05) is 6.07 Å². The number of nitrogens with zero attached hydrogens (tertiary/aromatic N) is 5. The molecule has 0 fully saturated rings. The molecule has 0 saturated heterocycles. The van der Waals surface area contributed by atoms with Gasteiger partial charge in [-0.25, -0.2) is 4.98 Å². The molecule has 14 aromatic rings. The van der Waals surface area contributed by atoms with E-state index in [-0.39, 0.29) is 0 Å². The second-order valence-electron chi connectivity index (χ2n) is 16.7. The van der Waals surface area contributed by atoms with Crippen molar-refractivity contribution in [2.75, 3.05) is 0 Å². The van der Waals surface area contributed by atoms with Crippen LogP contribution in [0, 0.1) is 0 Å². The third kappa shape index (κ3) is 4.86. The highest BCUT2D eigenvalue weighted by Crippen LogP contribution is 2.44. The molecular weight excluding hydrogens is 779 g/mol. The average molecular weight is 816 g/mol. The maximum atomic E-state index is 5.29. The maximum Gasteiger partial charge on any atom is 0.138 e. The third-order valence-electron chi connectivity index (χ3n) is 13.3. The van der Waals surface area contributed by atoms with Gasteiger partial charge in [0.2, 0.25) is 0 Å². The number of hydrogen-bond donors (Lipinski definition) is 0. The Kier molecular flexibility index (Phi) is 7.33. The van der Waals surface area contributed by atoms with Gasteiger partial charge >= 0.3 is 0 Å². The van der Waals surface area contributed by atoms with Gasteiger partial charge < -0.3 is 13.7 Å². The van der Waals surface area contributed by atoms with Crippen molar-refractivity contribution in [2.24, 2.45) is 0 Å². The number of pyridine rings is 1. The molecule has 0 spiro atoms. The predicted molar refractivity (Wildman–Crippen MR) is 267 cm³/mol. The SMILES string of the molecule is c1ccc(-c2cccc(-n3c4ccccc4c4c3ccc3c5ccccc5n(-c5cccc(-n6c7ccccc7c7ccc8c9ccccc9n(-c9ccccc9)c8c76)c5)c34)n2)cc1. The minimum atomic E-state index is 0.891. The van der Waals surface area contributed by atoms with Gasteiger partial charge in [0.15, 0.2) is 0 Å². The zero-order chi connectivity index (χ0) is 41.9. The summed E-state index contributed by atoms with van der Waals surface area (Å²) in [7, 11) is 0. The molecule has 5 aromatic heterocycles. The first-order valence-electron chi connectivity index (χ1n) is 21.9. The van der Waals surface area contributed by atoms with Crippen LogP contribution >= 0.6 is 0 Å². The van der Waals surface area contributed by atoms with Gasteiger partial charge in [-0.1, -0.05) is 152 Å². The van der Waals surface area contributed by atoms with Gasteiger partial charge in [-0.15, -0.1) is 0 Å². The van der Waals surface area contributed by atoms with Gasteiger partial charge in [-0.05, 0) is 72.8 Å². The summed E-state index contributed by atoms with van der Waals surface area (Å²) >= 11 is 0. The van der Waals surface area contributed by atoms with Crippen LogP contribution in [0.3, 0.4) is 0 Å². The van der Waals surface area contributed by atoms with Crippen molar-refractivity contribution in [2.45, 2.75) is 0 Å². The first-order valence-corrected chi connectivity index (χ1v) is 21.9. The Balaban J connectivity index is 1.07. The third-order valence-corrected chi connectivity index (χ3v) is 13.3. The number of benzene rings is 9. The fourth-order valence-electron chi connectivity index (χ4n) is 10.7. The number of hydrogen-bond acceptors (Lipinski definition) is 1. The minimum Gasteiger partial charge on any atom is -0.308 e. The summed E-state index contributed by atoms with van der Waals surface area (Å²) in [4.78, 5) is 5.29. The summed E-state index contributed by atoms with van der Waals surface area (Å²) < 4.78 is 9.78. The summed E-state index contributed by atoms with van der Waals surface area (Å²) in [6.45, 7) is 0. The highest BCUT2D eigenvalue weighted by molar-refractivity contribution is 6.27. The smallest absolute Gasteiger partial charge is 0.138 e. The lowest BCUT2D eigenvalue weighted by Gasteiger charge is -2.15. The van der Waals surface area contributed by atoms with Gasteiger partial charge in [0.05, 0.1) is 49.8 Å². The molecule has 0 aliphatic heterocycles. The van der Waals surface area contributed by atoms with Gasteiger partial charge in [-0.2, -0.15) is 0 Å². The molecule has 5 heterocycles. The monoisotopic (exact) mass is 815 g/mol. The molecule has 9 aromatic carbocycles. The Bertz CT molecular complexity index is 4180. The van der Waals surface area contributed by atoms with E-state index in [4.69, 9.17) is 4.98 Å². The molecule has 0 N–H and O–H groups in total. The van der Waals surface area contributed by atoms with E-state index < -0.39 is 0 Å². The van der Waals surface area contributed by atoms with Crippen LogP contribution in [0.4, 0.5) is 0 Å². The highest BCUT2D eigenvalue weighted by Gasteiger charge is 2.24. The predicted octanol–water partition coefficient (Wildman–Crippen LogP) is 15.1. The van der Waals surface area contributed by atoms with Crippen LogP contribution in [0.1, 0.15) is 0 Å². The molecular formula is C59H37N5. The number of rotatable bonds is 5. The summed E-state index contributed by atoms with van der Waals surface area (Å²) in [5.41, 5.74) is 14.7. The summed E-state index contributed by atoms with van der Waals surface area (Å²) in [5.74, 6) is 0.891. The van der Waals surface area contributed by atoms with Crippen molar-refractivity contribution < 1.29 is 0 Å². The van der Waals surface area contributed by atoms with Crippen LogP contribution in [-0.2, 0) is 0 Å². The Morgan fingerprint density at radius 2 is 0.703 bits per heavy atom. The summed E-state index contributed by atoms with van der Waals surface area (Å²) in [6.07, 6.45) is 0. The summed E-state index contributed by atoms with van der Waals surface area (Å²) in [6, 6.07) is 81.2. The zero-order valence-electron chi connectivity index (χ0n) is 34.6. The molecule has 5 nitrogen and oxygen atoms in total. The molecule has 0 saturated carbocycles. The molecule has 298 valence electrons. The van der Waals surface area contributed by atoms with Crippen LogP contribution in [0.15, 0.2) is 224 Å². The van der Waals surface area contributed by atoms with Crippen molar-refractivity contribution in [3.8, 4) is 34.1 Å². The van der Waals surface area contributed by atoms with Crippen LogP contribution in [-0.4, -0.2) is 23.3 Å². The Labute approximate surface area is 367 Å². The standard InChI is InChI=1S/C59H37N5/c1-3-17-38(18-4-1)49-27-16-32-55(60-49)64-53-31-14-10-26-48(53)56-54(64)36-35-45-42-23-7-12-29-51(42)62(57(45)56)40-21-15-22-41(37-40)63-52-30-13-9-25-44(52)47-34-33-46-43-24-8-11-28-50(43)61(58(46)59(47)63)39-19-5-2-6-20-39/h1-37H. The first kappa shape index (κ1) is 35.0. The fraction of sp³-hybridized carbons (Fsp3) is 0. The Hall–Kier alpha value is -8.67. The topological polar surface area (TPSA) is 32.6 Å². The average Bonchev–Trinajstić information content (AvgIpc) is 4.10. The maximum absolute atomic E-state index is 5.29. The number of fused-ring (bicyclic) bond motifs is 14. The lowest BCUT2D eigenvalue weighted by atomic mass is 10.1. The second kappa shape index (κ2) is 13.4. The second-order valence-corrected chi connectivity index (χ2v) is 16.7. The van der Waals surface area contributed by atoms with E-state index in [0.29, 0.717) is 0 Å². The van der Waals surface area contributed by atoms with Crippen LogP contribution in [0.25, 0.3) is 121 Å². The quantitative estimate of drug-likeness (QED) is 0.170. The summed E-state index contributed by atoms with van der Waals surface area (Å²) in [5, 5.41) is 9.75. The molecule has 5 heteroatoms. The van der Waals surface area contributed by atoms with Crippen LogP contribution in [0.5, 0.6) is 0 Å². The van der Waals surface area contributed by atoms with Crippen molar-refractivity contribution in [1.29, 1.82) is 0 Å².